The summed E-state index contributed by atoms with van der Waals surface area (Å²) in [6.07, 6.45) is 1.75. The largest absolute Gasteiger partial charge is 0.396 e. The average Bonchev–Trinajstić information content (AvgIpc) is 1.88. The zero-order valence-corrected chi connectivity index (χ0v) is 8.72. The molecule has 0 aromatic rings. The fourth-order valence-corrected chi connectivity index (χ4v) is 0. The topological polar surface area (TPSA) is 40.5 Å². The van der Waals surface area contributed by atoms with E-state index in [1.807, 2.05) is 13.8 Å². The van der Waals surface area contributed by atoms with Gasteiger partial charge in [0, 0.05) is 42.8 Å². The maximum Gasteiger partial charge on any atom is 0.0428 e. The Morgan fingerprint density at radius 3 is 1.00 bits per heavy atom. The monoisotopic (exact) mass is 143 g/mol. The molecule has 0 aliphatic rings. The normalized spacial score (nSPS) is 6.67. The van der Waals surface area contributed by atoms with Gasteiger partial charge in [0.1, 0.15) is 0 Å². The van der Waals surface area contributed by atoms with E-state index in [-0.39, 0.29) is 29.6 Å². The Labute approximate surface area is 79.6 Å². The summed E-state index contributed by atoms with van der Waals surface area (Å²) in [7, 11) is 0. The summed E-state index contributed by atoms with van der Waals surface area (Å²) >= 11 is 0. The molecule has 0 bridgehead atoms. The van der Waals surface area contributed by atoms with Gasteiger partial charge in [0.2, 0.25) is 0 Å². The first kappa shape index (κ1) is 16.5. The standard InChI is InChI=1S/2C3H8O.Na/c2*1-2-3-4;/h2*4H,2-3H2,1H3;. The van der Waals surface area contributed by atoms with Gasteiger partial charge in [-0.3, -0.25) is 0 Å². The van der Waals surface area contributed by atoms with E-state index in [0.29, 0.717) is 13.2 Å². The third-order valence-corrected chi connectivity index (χ3v) is 0.447. The van der Waals surface area contributed by atoms with Crippen LogP contribution in [0.2, 0.25) is 0 Å². The molecule has 3 heteroatoms. The van der Waals surface area contributed by atoms with Crippen LogP contribution < -0.4 is 0 Å². The van der Waals surface area contributed by atoms with Crippen LogP contribution >= 0.6 is 0 Å². The van der Waals surface area contributed by atoms with E-state index < -0.39 is 0 Å². The molecular weight excluding hydrogens is 127 g/mol. The second-order valence-corrected chi connectivity index (χ2v) is 1.45. The smallest absolute Gasteiger partial charge is 0.0428 e. The number of aliphatic hydroxyl groups is 2. The van der Waals surface area contributed by atoms with Crippen LogP contribution in [0, 0.1) is 0 Å². The van der Waals surface area contributed by atoms with Crippen LogP contribution in [0.3, 0.4) is 0 Å². The second-order valence-electron chi connectivity index (χ2n) is 1.45. The fourth-order valence-electron chi connectivity index (χ4n) is 0. The Hall–Kier alpha value is 0.920. The van der Waals surface area contributed by atoms with Crippen molar-refractivity contribution < 1.29 is 10.2 Å². The number of rotatable bonds is 2. The molecule has 0 saturated heterocycles. The van der Waals surface area contributed by atoms with Crippen molar-refractivity contribution in [2.75, 3.05) is 13.2 Å². The van der Waals surface area contributed by atoms with Crippen LogP contribution in [0.4, 0.5) is 0 Å². The van der Waals surface area contributed by atoms with Crippen molar-refractivity contribution in [3.05, 3.63) is 0 Å². The van der Waals surface area contributed by atoms with Gasteiger partial charge in [0.05, 0.1) is 0 Å². The molecule has 1 radical (unpaired) electrons. The summed E-state index contributed by atoms with van der Waals surface area (Å²) in [5, 5.41) is 15.8. The summed E-state index contributed by atoms with van der Waals surface area (Å²) in [6.45, 7) is 4.50. The van der Waals surface area contributed by atoms with Gasteiger partial charge in [0.25, 0.3) is 0 Å². The molecule has 0 unspecified atom stereocenters. The number of aliphatic hydroxyl groups excluding tert-OH is 2. The van der Waals surface area contributed by atoms with Crippen molar-refractivity contribution in [3.63, 3.8) is 0 Å². The van der Waals surface area contributed by atoms with Gasteiger partial charge in [-0.1, -0.05) is 13.8 Å². The third kappa shape index (κ3) is 50.1. The molecule has 0 saturated carbocycles. The van der Waals surface area contributed by atoms with Gasteiger partial charge >= 0.3 is 0 Å². The van der Waals surface area contributed by atoms with Gasteiger partial charge < -0.3 is 10.2 Å². The molecule has 0 aliphatic heterocycles. The van der Waals surface area contributed by atoms with Gasteiger partial charge in [-0.05, 0) is 12.8 Å². The van der Waals surface area contributed by atoms with Crippen molar-refractivity contribution in [1.82, 2.24) is 0 Å². The first-order valence-corrected chi connectivity index (χ1v) is 3.05. The van der Waals surface area contributed by atoms with Crippen LogP contribution in [0.15, 0.2) is 0 Å². The minimum absolute atomic E-state index is 0. The number of hydrogen-bond donors (Lipinski definition) is 2. The predicted molar refractivity (Wildman–Crippen MR) is 40.5 cm³/mol. The van der Waals surface area contributed by atoms with Crippen LogP contribution in [0.25, 0.3) is 0 Å². The Bertz CT molecular complexity index is 19.0. The average molecular weight is 143 g/mol. The van der Waals surface area contributed by atoms with Crippen molar-refractivity contribution in [1.29, 1.82) is 0 Å². The molecule has 0 aromatic heterocycles. The van der Waals surface area contributed by atoms with Crippen molar-refractivity contribution >= 4 is 29.6 Å². The van der Waals surface area contributed by atoms with E-state index in [9.17, 15) is 0 Å². The van der Waals surface area contributed by atoms with Crippen LogP contribution in [-0.2, 0) is 0 Å². The minimum Gasteiger partial charge on any atom is -0.396 e. The van der Waals surface area contributed by atoms with E-state index in [1.165, 1.54) is 0 Å². The van der Waals surface area contributed by atoms with E-state index in [2.05, 4.69) is 0 Å². The minimum atomic E-state index is 0. The zero-order chi connectivity index (χ0) is 6.83. The molecule has 0 spiro atoms. The Morgan fingerprint density at radius 2 is 1.00 bits per heavy atom. The van der Waals surface area contributed by atoms with E-state index >= 15 is 0 Å². The van der Waals surface area contributed by atoms with E-state index in [1.54, 1.807) is 0 Å². The molecule has 2 nitrogen and oxygen atoms in total. The Kier molecular flexibility index (Phi) is 42.3. The predicted octanol–water partition coefficient (Wildman–Crippen LogP) is 0.397. The third-order valence-electron chi connectivity index (χ3n) is 0.447. The molecule has 0 amide bonds. The maximum atomic E-state index is 7.88. The van der Waals surface area contributed by atoms with Crippen molar-refractivity contribution in [2.24, 2.45) is 0 Å². The van der Waals surface area contributed by atoms with Gasteiger partial charge in [-0.15, -0.1) is 0 Å². The number of hydrogen-bond acceptors (Lipinski definition) is 2. The Balaban J connectivity index is -0.0000000720. The van der Waals surface area contributed by atoms with Crippen molar-refractivity contribution in [3.8, 4) is 0 Å². The van der Waals surface area contributed by atoms with Crippen LogP contribution in [0.1, 0.15) is 26.7 Å². The molecule has 0 fully saturated rings. The zero-order valence-electron chi connectivity index (χ0n) is 6.72. The van der Waals surface area contributed by atoms with E-state index in [4.69, 9.17) is 10.2 Å². The first-order chi connectivity index (χ1) is 3.83. The van der Waals surface area contributed by atoms with Gasteiger partial charge in [-0.2, -0.15) is 0 Å². The molecule has 9 heavy (non-hydrogen) atoms. The first-order valence-electron chi connectivity index (χ1n) is 3.05. The molecule has 0 heterocycles. The molecule has 53 valence electrons. The summed E-state index contributed by atoms with van der Waals surface area (Å²) in [5.74, 6) is 0. The maximum absolute atomic E-state index is 7.88. The summed E-state index contributed by atoms with van der Waals surface area (Å²) in [6, 6.07) is 0. The summed E-state index contributed by atoms with van der Waals surface area (Å²) in [4.78, 5) is 0. The van der Waals surface area contributed by atoms with Gasteiger partial charge in [0.15, 0.2) is 0 Å². The quantitative estimate of drug-likeness (QED) is 0.549. The summed E-state index contributed by atoms with van der Waals surface area (Å²) in [5.41, 5.74) is 0. The molecule has 0 aromatic carbocycles. The fraction of sp³-hybridized carbons (Fsp3) is 1.00. The molecule has 0 rings (SSSR count). The van der Waals surface area contributed by atoms with Crippen molar-refractivity contribution in [2.45, 2.75) is 26.7 Å². The van der Waals surface area contributed by atoms with Crippen LogP contribution in [0.5, 0.6) is 0 Å². The van der Waals surface area contributed by atoms with E-state index in [0.717, 1.165) is 12.8 Å². The molecule has 2 N–H and O–H groups in total. The Morgan fingerprint density at radius 1 is 0.889 bits per heavy atom. The second kappa shape index (κ2) is 23.1. The summed E-state index contributed by atoms with van der Waals surface area (Å²) < 4.78 is 0. The molecule has 0 atom stereocenters. The molecule has 0 aliphatic carbocycles. The molecular formula is C6H16NaO2. The van der Waals surface area contributed by atoms with Gasteiger partial charge in [-0.25, -0.2) is 0 Å². The van der Waals surface area contributed by atoms with Crippen LogP contribution in [-0.4, -0.2) is 53.0 Å². The SMILES string of the molecule is CCCO.CCCO.[Na].